The molecule has 0 radical (unpaired) electrons. The van der Waals surface area contributed by atoms with E-state index in [0.29, 0.717) is 19.7 Å². The van der Waals surface area contributed by atoms with Gasteiger partial charge in [-0.1, -0.05) is 30.3 Å². The molecule has 110 valence electrons. The summed E-state index contributed by atoms with van der Waals surface area (Å²) in [6, 6.07) is 11.9. The number of morpholine rings is 1. The van der Waals surface area contributed by atoms with E-state index in [1.165, 1.54) is 0 Å². The minimum atomic E-state index is -0.638. The van der Waals surface area contributed by atoms with E-state index in [0.717, 1.165) is 17.7 Å². The van der Waals surface area contributed by atoms with Crippen molar-refractivity contribution in [3.8, 4) is 0 Å². The van der Waals surface area contributed by atoms with Crippen LogP contribution in [0.4, 0.5) is 20.2 Å². The number of anilines is 2. The number of hydrogen-bond acceptors (Lipinski definition) is 3. The highest BCUT2D eigenvalue weighted by molar-refractivity contribution is 5.56. The zero-order valence-electron chi connectivity index (χ0n) is 11.4. The van der Waals surface area contributed by atoms with Crippen LogP contribution in [0.2, 0.25) is 0 Å². The fraction of sp³-hybridized carbons (Fsp3) is 0.250. The van der Waals surface area contributed by atoms with Gasteiger partial charge >= 0.3 is 0 Å². The van der Waals surface area contributed by atoms with Crippen LogP contribution < -0.4 is 10.6 Å². The third-order valence-corrected chi connectivity index (χ3v) is 3.59. The van der Waals surface area contributed by atoms with E-state index in [-0.39, 0.29) is 17.5 Å². The summed E-state index contributed by atoms with van der Waals surface area (Å²) in [5, 5.41) is 0. The molecule has 2 aromatic carbocycles. The Morgan fingerprint density at radius 1 is 1.10 bits per heavy atom. The molecule has 3 nitrogen and oxygen atoms in total. The number of ether oxygens (including phenoxy) is 1. The minimum absolute atomic E-state index is 0.0339. The van der Waals surface area contributed by atoms with E-state index in [9.17, 15) is 8.78 Å². The Hall–Kier alpha value is -2.14. The lowest BCUT2D eigenvalue weighted by atomic mass is 10.1. The minimum Gasteiger partial charge on any atom is -0.399 e. The van der Waals surface area contributed by atoms with Crippen LogP contribution in [-0.4, -0.2) is 19.7 Å². The molecule has 0 spiro atoms. The molecular formula is C16H16F2N2O. The fourth-order valence-electron chi connectivity index (χ4n) is 2.61. The standard InChI is InChI=1S/C16H16F2N2O/c17-13-8-12(19)9-14(18)16(13)20-6-7-21-15(10-20)11-4-2-1-3-5-11/h1-5,8-9,15H,6-7,10,19H2/t15-/m0/s1. The summed E-state index contributed by atoms with van der Waals surface area (Å²) in [6.45, 7) is 1.27. The van der Waals surface area contributed by atoms with Gasteiger partial charge in [0, 0.05) is 18.8 Å². The Labute approximate surface area is 121 Å². The van der Waals surface area contributed by atoms with Crippen molar-refractivity contribution in [2.75, 3.05) is 30.3 Å². The third kappa shape index (κ3) is 2.83. The fourth-order valence-corrected chi connectivity index (χ4v) is 2.61. The maximum absolute atomic E-state index is 14.0. The second kappa shape index (κ2) is 5.69. The van der Waals surface area contributed by atoms with Crippen molar-refractivity contribution in [2.45, 2.75) is 6.10 Å². The van der Waals surface area contributed by atoms with E-state index < -0.39 is 11.6 Å². The lowest BCUT2D eigenvalue weighted by Crippen LogP contribution is -2.39. The molecule has 1 fully saturated rings. The van der Waals surface area contributed by atoms with Crippen molar-refractivity contribution in [3.63, 3.8) is 0 Å². The van der Waals surface area contributed by atoms with Gasteiger partial charge in [-0.3, -0.25) is 0 Å². The first kappa shape index (κ1) is 13.8. The average molecular weight is 290 g/mol. The van der Waals surface area contributed by atoms with Gasteiger partial charge in [0.1, 0.15) is 11.8 Å². The van der Waals surface area contributed by atoms with Crippen molar-refractivity contribution in [2.24, 2.45) is 0 Å². The molecule has 1 aliphatic heterocycles. The lowest BCUT2D eigenvalue weighted by Gasteiger charge is -2.35. The maximum atomic E-state index is 14.0. The molecule has 0 aromatic heterocycles. The topological polar surface area (TPSA) is 38.5 Å². The van der Waals surface area contributed by atoms with Crippen molar-refractivity contribution in [3.05, 3.63) is 59.7 Å². The molecule has 0 amide bonds. The molecule has 3 rings (SSSR count). The second-order valence-electron chi connectivity index (χ2n) is 5.05. The number of nitrogen functional groups attached to an aromatic ring is 1. The zero-order chi connectivity index (χ0) is 14.8. The Kier molecular flexibility index (Phi) is 3.75. The van der Waals surface area contributed by atoms with Gasteiger partial charge in [0.05, 0.1) is 6.61 Å². The largest absolute Gasteiger partial charge is 0.399 e. The highest BCUT2D eigenvalue weighted by Gasteiger charge is 2.26. The van der Waals surface area contributed by atoms with Crippen LogP contribution in [0.25, 0.3) is 0 Å². The molecule has 1 aliphatic rings. The summed E-state index contributed by atoms with van der Waals surface area (Å²) in [7, 11) is 0. The molecule has 1 saturated heterocycles. The van der Waals surface area contributed by atoms with Gasteiger partial charge in [0.25, 0.3) is 0 Å². The van der Waals surface area contributed by atoms with Crippen LogP contribution in [0.15, 0.2) is 42.5 Å². The molecular weight excluding hydrogens is 274 g/mol. The predicted molar refractivity (Wildman–Crippen MR) is 78.1 cm³/mol. The van der Waals surface area contributed by atoms with Crippen molar-refractivity contribution < 1.29 is 13.5 Å². The first-order valence-corrected chi connectivity index (χ1v) is 6.81. The number of rotatable bonds is 2. The number of nitrogens with two attached hydrogens (primary N) is 1. The normalized spacial score (nSPS) is 18.8. The van der Waals surface area contributed by atoms with Crippen LogP contribution in [-0.2, 0) is 4.74 Å². The summed E-state index contributed by atoms with van der Waals surface area (Å²) in [4.78, 5) is 1.67. The lowest BCUT2D eigenvalue weighted by molar-refractivity contribution is 0.0393. The summed E-state index contributed by atoms with van der Waals surface area (Å²) >= 11 is 0. The molecule has 5 heteroatoms. The summed E-state index contributed by atoms with van der Waals surface area (Å²) in [6.07, 6.45) is -0.198. The molecule has 1 atom stereocenters. The van der Waals surface area contributed by atoms with Crippen molar-refractivity contribution in [1.82, 2.24) is 0 Å². The van der Waals surface area contributed by atoms with Gasteiger partial charge in [-0.2, -0.15) is 0 Å². The second-order valence-corrected chi connectivity index (χ2v) is 5.05. The van der Waals surface area contributed by atoms with Crippen LogP contribution in [0.5, 0.6) is 0 Å². The molecule has 0 unspecified atom stereocenters. The molecule has 0 saturated carbocycles. The van der Waals surface area contributed by atoms with Gasteiger partial charge in [-0.15, -0.1) is 0 Å². The van der Waals surface area contributed by atoms with E-state index >= 15 is 0 Å². The van der Waals surface area contributed by atoms with Crippen LogP contribution in [0.3, 0.4) is 0 Å². The van der Waals surface area contributed by atoms with E-state index in [2.05, 4.69) is 0 Å². The number of nitrogens with zero attached hydrogens (tertiary/aromatic N) is 1. The molecule has 2 aromatic rings. The quantitative estimate of drug-likeness (QED) is 0.864. The first-order chi connectivity index (χ1) is 10.1. The van der Waals surface area contributed by atoms with Gasteiger partial charge in [0.15, 0.2) is 11.6 Å². The van der Waals surface area contributed by atoms with E-state index in [1.54, 1.807) is 4.90 Å². The number of benzene rings is 2. The van der Waals surface area contributed by atoms with Crippen LogP contribution in [0.1, 0.15) is 11.7 Å². The molecule has 0 bridgehead atoms. The van der Waals surface area contributed by atoms with Gasteiger partial charge in [-0.25, -0.2) is 8.78 Å². The van der Waals surface area contributed by atoms with Crippen molar-refractivity contribution in [1.29, 1.82) is 0 Å². The van der Waals surface area contributed by atoms with Crippen LogP contribution in [0, 0.1) is 11.6 Å². The Morgan fingerprint density at radius 2 is 1.76 bits per heavy atom. The Balaban J connectivity index is 1.87. The number of hydrogen-bond donors (Lipinski definition) is 1. The third-order valence-electron chi connectivity index (χ3n) is 3.59. The smallest absolute Gasteiger partial charge is 0.151 e. The Morgan fingerprint density at radius 3 is 2.43 bits per heavy atom. The van der Waals surface area contributed by atoms with Crippen LogP contribution >= 0.6 is 0 Å². The zero-order valence-corrected chi connectivity index (χ0v) is 11.4. The highest BCUT2D eigenvalue weighted by Crippen LogP contribution is 2.30. The monoisotopic (exact) mass is 290 g/mol. The molecule has 0 aliphatic carbocycles. The maximum Gasteiger partial charge on any atom is 0.151 e. The molecule has 1 heterocycles. The van der Waals surface area contributed by atoms with Gasteiger partial charge in [-0.05, 0) is 17.7 Å². The van der Waals surface area contributed by atoms with E-state index in [1.807, 2.05) is 30.3 Å². The SMILES string of the molecule is Nc1cc(F)c(N2CCO[C@H](c3ccccc3)C2)c(F)c1. The van der Waals surface area contributed by atoms with Gasteiger partial charge in [0.2, 0.25) is 0 Å². The summed E-state index contributed by atoms with van der Waals surface area (Å²) in [5.41, 5.74) is 6.50. The molecule has 2 N–H and O–H groups in total. The van der Waals surface area contributed by atoms with E-state index in [4.69, 9.17) is 10.5 Å². The van der Waals surface area contributed by atoms with Gasteiger partial charge < -0.3 is 15.4 Å². The highest BCUT2D eigenvalue weighted by atomic mass is 19.1. The summed E-state index contributed by atoms with van der Waals surface area (Å²) < 4.78 is 33.8. The first-order valence-electron chi connectivity index (χ1n) is 6.81. The number of halogens is 2. The predicted octanol–water partition coefficient (Wildman–Crippen LogP) is 3.12. The van der Waals surface area contributed by atoms with Crippen molar-refractivity contribution >= 4 is 11.4 Å². The molecule has 21 heavy (non-hydrogen) atoms. The summed E-state index contributed by atoms with van der Waals surface area (Å²) in [5.74, 6) is -1.28. The average Bonchev–Trinajstić information content (AvgIpc) is 2.47. The Bertz CT molecular complexity index is 610.